The van der Waals surface area contributed by atoms with Gasteiger partial charge < -0.3 is 10.0 Å². The van der Waals surface area contributed by atoms with E-state index in [2.05, 4.69) is 27.9 Å². The molecule has 0 aliphatic carbocycles. The van der Waals surface area contributed by atoms with Crippen molar-refractivity contribution in [3.05, 3.63) is 17.3 Å². The standard InChI is InChI=1S/C14H17N3O2S/c1-3-9-6-11-12(15-7-16-13(11)20-9)17-5-4-10(8(17)2)14(18)19/h6-8,10H,3-5H2,1-2H3,(H,18,19). The molecule has 1 aliphatic rings. The second-order valence-electron chi connectivity index (χ2n) is 5.15. The van der Waals surface area contributed by atoms with Crippen molar-refractivity contribution in [2.45, 2.75) is 32.7 Å². The number of fused-ring (bicyclic) bond motifs is 1. The SMILES string of the molecule is CCc1cc2c(N3CCC(C(=O)O)C3C)ncnc2s1. The topological polar surface area (TPSA) is 66.3 Å². The summed E-state index contributed by atoms with van der Waals surface area (Å²) in [6.45, 7) is 4.82. The molecule has 0 radical (unpaired) electrons. The molecule has 20 heavy (non-hydrogen) atoms. The number of hydrogen-bond acceptors (Lipinski definition) is 5. The molecule has 0 bridgehead atoms. The summed E-state index contributed by atoms with van der Waals surface area (Å²) < 4.78 is 0. The summed E-state index contributed by atoms with van der Waals surface area (Å²) in [4.78, 5) is 24.4. The molecular formula is C14H17N3O2S. The summed E-state index contributed by atoms with van der Waals surface area (Å²) in [6.07, 6.45) is 3.23. The summed E-state index contributed by atoms with van der Waals surface area (Å²) in [5.41, 5.74) is 0. The van der Waals surface area contributed by atoms with Crippen molar-refractivity contribution in [3.8, 4) is 0 Å². The second kappa shape index (κ2) is 5.01. The third-order valence-electron chi connectivity index (χ3n) is 4.05. The predicted octanol–water partition coefficient (Wildman–Crippen LogP) is 2.55. The summed E-state index contributed by atoms with van der Waals surface area (Å²) in [6, 6.07) is 2.10. The van der Waals surface area contributed by atoms with Crippen LogP contribution < -0.4 is 4.90 Å². The Bertz CT molecular complexity index is 655. The summed E-state index contributed by atoms with van der Waals surface area (Å²) in [7, 11) is 0. The molecule has 5 nitrogen and oxygen atoms in total. The summed E-state index contributed by atoms with van der Waals surface area (Å²) >= 11 is 1.68. The Morgan fingerprint density at radius 2 is 2.35 bits per heavy atom. The third kappa shape index (κ3) is 2.04. The molecule has 0 amide bonds. The van der Waals surface area contributed by atoms with E-state index in [1.807, 2.05) is 6.92 Å². The average molecular weight is 291 g/mol. The fourth-order valence-electron chi connectivity index (χ4n) is 2.86. The van der Waals surface area contributed by atoms with Gasteiger partial charge in [0.15, 0.2) is 0 Å². The van der Waals surface area contributed by atoms with Crippen molar-refractivity contribution in [2.75, 3.05) is 11.4 Å². The molecule has 3 rings (SSSR count). The molecule has 2 unspecified atom stereocenters. The maximum atomic E-state index is 11.2. The van der Waals surface area contributed by atoms with E-state index in [9.17, 15) is 9.90 Å². The molecule has 3 heterocycles. The lowest BCUT2D eigenvalue weighted by atomic mass is 10.0. The van der Waals surface area contributed by atoms with Gasteiger partial charge >= 0.3 is 5.97 Å². The van der Waals surface area contributed by atoms with Crippen molar-refractivity contribution in [2.24, 2.45) is 5.92 Å². The summed E-state index contributed by atoms with van der Waals surface area (Å²) in [5.74, 6) is -0.156. The van der Waals surface area contributed by atoms with Gasteiger partial charge in [-0.05, 0) is 25.8 Å². The molecule has 2 aromatic heterocycles. The van der Waals surface area contributed by atoms with E-state index in [4.69, 9.17) is 0 Å². The van der Waals surface area contributed by atoms with Crippen LogP contribution in [0.2, 0.25) is 0 Å². The molecule has 0 spiro atoms. The van der Waals surface area contributed by atoms with Gasteiger partial charge in [0.1, 0.15) is 17.0 Å². The Morgan fingerprint density at radius 1 is 1.55 bits per heavy atom. The van der Waals surface area contributed by atoms with Gasteiger partial charge in [0.25, 0.3) is 0 Å². The van der Waals surface area contributed by atoms with Crippen LogP contribution in [0.1, 0.15) is 25.1 Å². The average Bonchev–Trinajstić information content (AvgIpc) is 3.01. The van der Waals surface area contributed by atoms with Gasteiger partial charge in [0.2, 0.25) is 0 Å². The van der Waals surface area contributed by atoms with Crippen LogP contribution in [0.3, 0.4) is 0 Å². The van der Waals surface area contributed by atoms with Gasteiger partial charge in [-0.2, -0.15) is 0 Å². The van der Waals surface area contributed by atoms with Crippen LogP contribution in [0.5, 0.6) is 0 Å². The molecule has 6 heteroatoms. The first-order valence-electron chi connectivity index (χ1n) is 6.84. The number of thiophene rings is 1. The number of nitrogens with zero attached hydrogens (tertiary/aromatic N) is 3. The molecule has 1 N–H and O–H groups in total. The number of carboxylic acid groups (broad SMARTS) is 1. The zero-order chi connectivity index (χ0) is 14.3. The van der Waals surface area contributed by atoms with Crippen molar-refractivity contribution in [1.82, 2.24) is 9.97 Å². The van der Waals surface area contributed by atoms with Crippen molar-refractivity contribution in [1.29, 1.82) is 0 Å². The molecule has 0 aromatic carbocycles. The van der Waals surface area contributed by atoms with Crippen LogP contribution in [-0.2, 0) is 11.2 Å². The van der Waals surface area contributed by atoms with Gasteiger partial charge in [-0.25, -0.2) is 9.97 Å². The Balaban J connectivity index is 2.02. The molecule has 106 valence electrons. The predicted molar refractivity (Wildman–Crippen MR) is 79.3 cm³/mol. The molecule has 2 aromatic rings. The Kier molecular flexibility index (Phi) is 3.33. The van der Waals surface area contributed by atoms with E-state index in [1.54, 1.807) is 17.7 Å². The smallest absolute Gasteiger partial charge is 0.308 e. The fraction of sp³-hybridized carbons (Fsp3) is 0.500. The molecule has 0 saturated carbocycles. The summed E-state index contributed by atoms with van der Waals surface area (Å²) in [5, 5.41) is 10.3. The number of rotatable bonds is 3. The monoisotopic (exact) mass is 291 g/mol. The highest BCUT2D eigenvalue weighted by Gasteiger charge is 2.37. The van der Waals surface area contributed by atoms with Crippen LogP contribution in [0.15, 0.2) is 12.4 Å². The molecule has 1 aliphatic heterocycles. The minimum Gasteiger partial charge on any atom is -0.481 e. The maximum absolute atomic E-state index is 11.2. The minimum atomic E-state index is -0.718. The minimum absolute atomic E-state index is 0.0319. The van der Waals surface area contributed by atoms with E-state index >= 15 is 0 Å². The van der Waals surface area contributed by atoms with Crippen LogP contribution >= 0.6 is 11.3 Å². The van der Waals surface area contributed by atoms with Crippen molar-refractivity contribution >= 4 is 33.3 Å². The van der Waals surface area contributed by atoms with Gasteiger partial charge in [-0.1, -0.05) is 6.92 Å². The van der Waals surface area contributed by atoms with E-state index in [0.29, 0.717) is 6.42 Å². The fourth-order valence-corrected chi connectivity index (χ4v) is 3.79. The first-order chi connectivity index (χ1) is 9.61. The van der Waals surface area contributed by atoms with Gasteiger partial charge in [0, 0.05) is 17.5 Å². The number of aryl methyl sites for hydroxylation is 1. The molecule has 2 atom stereocenters. The van der Waals surface area contributed by atoms with Crippen LogP contribution in [-0.4, -0.2) is 33.6 Å². The number of carboxylic acids is 1. The van der Waals surface area contributed by atoms with E-state index in [0.717, 1.165) is 29.0 Å². The van der Waals surface area contributed by atoms with Gasteiger partial charge in [-0.3, -0.25) is 4.79 Å². The normalized spacial score (nSPS) is 22.6. The Hall–Kier alpha value is -1.69. The number of anilines is 1. The van der Waals surface area contributed by atoms with E-state index in [-0.39, 0.29) is 12.0 Å². The zero-order valence-electron chi connectivity index (χ0n) is 11.5. The third-order valence-corrected chi connectivity index (χ3v) is 5.24. The number of carbonyl (C=O) groups is 1. The van der Waals surface area contributed by atoms with Crippen LogP contribution in [0.4, 0.5) is 5.82 Å². The van der Waals surface area contributed by atoms with Crippen molar-refractivity contribution < 1.29 is 9.90 Å². The highest BCUT2D eigenvalue weighted by atomic mass is 32.1. The van der Waals surface area contributed by atoms with E-state index < -0.39 is 5.97 Å². The first kappa shape index (κ1) is 13.3. The number of hydrogen-bond donors (Lipinski definition) is 1. The zero-order valence-corrected chi connectivity index (χ0v) is 12.4. The lowest BCUT2D eigenvalue weighted by Gasteiger charge is -2.24. The van der Waals surface area contributed by atoms with Crippen molar-refractivity contribution in [3.63, 3.8) is 0 Å². The maximum Gasteiger partial charge on any atom is 0.308 e. The Morgan fingerprint density at radius 3 is 3.00 bits per heavy atom. The highest BCUT2D eigenvalue weighted by Crippen LogP contribution is 2.35. The van der Waals surface area contributed by atoms with Crippen LogP contribution in [0.25, 0.3) is 10.2 Å². The van der Waals surface area contributed by atoms with Crippen LogP contribution in [0, 0.1) is 5.92 Å². The Labute approximate surface area is 121 Å². The number of aromatic nitrogens is 2. The number of aliphatic carboxylic acids is 1. The molecular weight excluding hydrogens is 274 g/mol. The lowest BCUT2D eigenvalue weighted by Crippen LogP contribution is -2.33. The molecule has 1 fully saturated rings. The van der Waals surface area contributed by atoms with Gasteiger partial charge in [-0.15, -0.1) is 11.3 Å². The van der Waals surface area contributed by atoms with Gasteiger partial charge in [0.05, 0.1) is 11.3 Å². The lowest BCUT2D eigenvalue weighted by molar-refractivity contribution is -0.141. The van der Waals surface area contributed by atoms with E-state index in [1.165, 1.54) is 4.88 Å². The largest absolute Gasteiger partial charge is 0.481 e. The quantitative estimate of drug-likeness (QED) is 0.941. The first-order valence-corrected chi connectivity index (χ1v) is 7.66. The highest BCUT2D eigenvalue weighted by molar-refractivity contribution is 7.18. The second-order valence-corrected chi connectivity index (χ2v) is 6.26. The molecule has 1 saturated heterocycles.